The van der Waals surface area contributed by atoms with Crippen LogP contribution in [0.1, 0.15) is 18.5 Å². The smallest absolute Gasteiger partial charge is 0.285 e. The molecule has 26 heavy (non-hydrogen) atoms. The van der Waals surface area contributed by atoms with Crippen LogP contribution in [-0.4, -0.2) is 15.4 Å². The highest BCUT2D eigenvalue weighted by Gasteiger charge is 2.14. The highest BCUT2D eigenvalue weighted by Crippen LogP contribution is 2.23. The largest absolute Gasteiger partial charge is 0.348 e. The third-order valence-electron chi connectivity index (χ3n) is 4.16. The number of amides is 1. The van der Waals surface area contributed by atoms with Crippen molar-refractivity contribution in [1.29, 1.82) is 0 Å². The summed E-state index contributed by atoms with van der Waals surface area (Å²) in [4.78, 5) is 34.4. The zero-order valence-electron chi connectivity index (χ0n) is 14.1. The Bertz CT molecular complexity index is 1040. The van der Waals surface area contributed by atoms with Crippen LogP contribution in [0.2, 0.25) is 0 Å². The fraction of sp³-hybridized carbons (Fsp3) is 0.158. The minimum Gasteiger partial charge on any atom is -0.348 e. The molecule has 2 aromatic carbocycles. The maximum absolute atomic E-state index is 12.3. The van der Waals surface area contributed by atoms with Crippen LogP contribution in [-0.2, 0) is 11.3 Å². The van der Waals surface area contributed by atoms with Crippen LogP contribution in [0.15, 0.2) is 65.6 Å². The first-order valence-electron chi connectivity index (χ1n) is 8.07. The van der Waals surface area contributed by atoms with Gasteiger partial charge in [0.2, 0.25) is 5.91 Å². The highest BCUT2D eigenvalue weighted by atomic mass is 16.6. The van der Waals surface area contributed by atoms with E-state index < -0.39 is 16.4 Å². The lowest BCUT2D eigenvalue weighted by molar-refractivity contribution is -0.385. The van der Waals surface area contributed by atoms with Gasteiger partial charge in [0.05, 0.1) is 17.2 Å². The lowest BCUT2D eigenvalue weighted by Crippen LogP contribution is -2.33. The average Bonchev–Trinajstić information content (AvgIpc) is 2.62. The van der Waals surface area contributed by atoms with Gasteiger partial charge in [0, 0.05) is 12.1 Å². The lowest BCUT2D eigenvalue weighted by atomic mass is 10.00. The number of hydrogen-bond acceptors (Lipinski definition) is 4. The van der Waals surface area contributed by atoms with E-state index in [-0.39, 0.29) is 18.3 Å². The number of hydrogen-bond donors (Lipinski definition) is 1. The summed E-state index contributed by atoms with van der Waals surface area (Å²) in [6.07, 6.45) is 1.07. The number of benzene rings is 2. The zero-order chi connectivity index (χ0) is 18.7. The van der Waals surface area contributed by atoms with Gasteiger partial charge < -0.3 is 5.32 Å². The molecule has 1 aromatic heterocycles. The normalized spacial score (nSPS) is 11.9. The zero-order valence-corrected chi connectivity index (χ0v) is 14.1. The van der Waals surface area contributed by atoms with Crippen LogP contribution in [0.5, 0.6) is 0 Å². The number of aromatic nitrogens is 1. The number of pyridine rings is 1. The molecule has 0 spiro atoms. The Morgan fingerprint density at radius 2 is 1.88 bits per heavy atom. The van der Waals surface area contributed by atoms with Crippen LogP contribution >= 0.6 is 0 Å². The summed E-state index contributed by atoms with van der Waals surface area (Å²) >= 11 is 0. The van der Waals surface area contributed by atoms with Crippen molar-refractivity contribution >= 4 is 22.4 Å². The third kappa shape index (κ3) is 3.61. The van der Waals surface area contributed by atoms with Gasteiger partial charge in [-0.1, -0.05) is 42.5 Å². The Labute approximate surface area is 149 Å². The van der Waals surface area contributed by atoms with Crippen LogP contribution in [0.4, 0.5) is 5.69 Å². The van der Waals surface area contributed by atoms with Gasteiger partial charge in [0.1, 0.15) is 6.54 Å². The minimum atomic E-state index is -0.605. The molecular weight excluding hydrogens is 334 g/mol. The molecule has 132 valence electrons. The number of nitrogens with zero attached hydrogens (tertiary/aromatic N) is 2. The summed E-state index contributed by atoms with van der Waals surface area (Å²) in [5, 5.41) is 15.8. The minimum absolute atomic E-state index is 0.237. The first-order chi connectivity index (χ1) is 12.5. The number of carbonyl (C=O) groups excluding carboxylic acids is 1. The van der Waals surface area contributed by atoms with Gasteiger partial charge in [-0.25, -0.2) is 0 Å². The second-order valence-electron chi connectivity index (χ2n) is 5.97. The average molecular weight is 351 g/mol. The Hall–Kier alpha value is -3.48. The summed E-state index contributed by atoms with van der Waals surface area (Å²) in [7, 11) is 0. The molecule has 0 unspecified atom stereocenters. The van der Waals surface area contributed by atoms with Crippen LogP contribution in [0.25, 0.3) is 10.8 Å². The molecule has 0 aliphatic carbocycles. The summed E-state index contributed by atoms with van der Waals surface area (Å²) in [5.41, 5.74) is 0.255. The quantitative estimate of drug-likeness (QED) is 0.565. The monoisotopic (exact) mass is 351 g/mol. The molecule has 0 aliphatic heterocycles. The van der Waals surface area contributed by atoms with Gasteiger partial charge in [-0.15, -0.1) is 0 Å². The molecule has 7 nitrogen and oxygen atoms in total. The SMILES string of the molecule is C[C@H](NC(=O)Cn1cc([N+](=O)[O-])ccc1=O)c1cccc2ccccc12. The fourth-order valence-corrected chi connectivity index (χ4v) is 2.90. The van der Waals surface area contributed by atoms with Gasteiger partial charge in [0.25, 0.3) is 11.2 Å². The van der Waals surface area contributed by atoms with Crippen LogP contribution < -0.4 is 10.9 Å². The van der Waals surface area contributed by atoms with Gasteiger partial charge >= 0.3 is 0 Å². The van der Waals surface area contributed by atoms with E-state index in [0.717, 1.165) is 39.2 Å². The number of carbonyl (C=O) groups is 1. The summed E-state index contributed by atoms with van der Waals surface area (Å²) in [5.74, 6) is -0.395. The van der Waals surface area contributed by atoms with Gasteiger partial charge in [-0.3, -0.25) is 24.3 Å². The summed E-state index contributed by atoms with van der Waals surface area (Å²) in [6.45, 7) is 1.57. The predicted octanol–water partition coefficient (Wildman–Crippen LogP) is 2.79. The van der Waals surface area contributed by atoms with E-state index in [2.05, 4.69) is 5.32 Å². The van der Waals surface area contributed by atoms with E-state index in [9.17, 15) is 19.7 Å². The van der Waals surface area contributed by atoms with Crippen molar-refractivity contribution in [3.05, 3.63) is 86.8 Å². The van der Waals surface area contributed by atoms with Crippen molar-refractivity contribution in [2.45, 2.75) is 19.5 Å². The van der Waals surface area contributed by atoms with E-state index in [4.69, 9.17) is 0 Å². The van der Waals surface area contributed by atoms with E-state index in [1.165, 1.54) is 0 Å². The molecule has 3 rings (SSSR count). The Balaban J connectivity index is 1.79. The number of nitrogens with one attached hydrogen (secondary N) is 1. The Kier molecular flexibility index (Phi) is 4.79. The first-order valence-corrected chi connectivity index (χ1v) is 8.07. The van der Waals surface area contributed by atoms with Crippen molar-refractivity contribution in [3.63, 3.8) is 0 Å². The van der Waals surface area contributed by atoms with Crippen molar-refractivity contribution in [1.82, 2.24) is 9.88 Å². The maximum atomic E-state index is 12.3. The van der Waals surface area contributed by atoms with E-state index in [0.29, 0.717) is 0 Å². The molecular formula is C19H17N3O4. The van der Waals surface area contributed by atoms with Crippen molar-refractivity contribution in [2.75, 3.05) is 0 Å². The fourth-order valence-electron chi connectivity index (χ4n) is 2.90. The number of rotatable bonds is 5. The van der Waals surface area contributed by atoms with E-state index in [1.807, 2.05) is 49.4 Å². The highest BCUT2D eigenvalue weighted by molar-refractivity contribution is 5.86. The van der Waals surface area contributed by atoms with Gasteiger partial charge in [-0.05, 0) is 23.3 Å². The number of nitro groups is 1. The molecule has 0 saturated carbocycles. The van der Waals surface area contributed by atoms with Gasteiger partial charge in [-0.2, -0.15) is 0 Å². The van der Waals surface area contributed by atoms with Gasteiger partial charge in [0.15, 0.2) is 0 Å². The van der Waals surface area contributed by atoms with E-state index in [1.54, 1.807) is 0 Å². The molecule has 0 radical (unpaired) electrons. The molecule has 0 bridgehead atoms. The molecule has 0 fully saturated rings. The standard InChI is InChI=1S/C19H17N3O4/c1-13(16-8-4-6-14-5-2-3-7-17(14)16)20-18(23)12-21-11-15(22(25)26)9-10-19(21)24/h2-11,13H,12H2,1H3,(H,20,23)/t13-/m0/s1. The first kappa shape index (κ1) is 17.3. The van der Waals surface area contributed by atoms with E-state index >= 15 is 0 Å². The molecule has 3 aromatic rings. The molecule has 1 heterocycles. The Morgan fingerprint density at radius 3 is 2.65 bits per heavy atom. The molecule has 0 aliphatic rings. The Morgan fingerprint density at radius 1 is 1.15 bits per heavy atom. The molecule has 1 amide bonds. The lowest BCUT2D eigenvalue weighted by Gasteiger charge is -2.17. The van der Waals surface area contributed by atoms with Crippen molar-refractivity contribution in [3.8, 4) is 0 Å². The maximum Gasteiger partial charge on any atom is 0.285 e. The second-order valence-corrected chi connectivity index (χ2v) is 5.97. The molecule has 0 saturated heterocycles. The van der Waals surface area contributed by atoms with Crippen molar-refractivity contribution in [2.24, 2.45) is 0 Å². The summed E-state index contributed by atoms with van der Waals surface area (Å²) in [6, 6.07) is 15.6. The molecule has 1 atom stereocenters. The number of fused-ring (bicyclic) bond motifs is 1. The summed E-state index contributed by atoms with van der Waals surface area (Å²) < 4.78 is 1.03. The molecule has 7 heteroatoms. The third-order valence-corrected chi connectivity index (χ3v) is 4.16. The molecule has 1 N–H and O–H groups in total. The van der Waals surface area contributed by atoms with Crippen LogP contribution in [0.3, 0.4) is 0 Å². The van der Waals surface area contributed by atoms with Crippen molar-refractivity contribution < 1.29 is 9.72 Å². The van der Waals surface area contributed by atoms with Crippen LogP contribution in [0, 0.1) is 10.1 Å². The predicted molar refractivity (Wildman–Crippen MR) is 97.9 cm³/mol. The second kappa shape index (κ2) is 7.18. The topological polar surface area (TPSA) is 94.2 Å².